The van der Waals surface area contributed by atoms with Gasteiger partial charge < -0.3 is 14.8 Å². The fourth-order valence-electron chi connectivity index (χ4n) is 1.74. The number of halogens is 1. The Morgan fingerprint density at radius 3 is 2.59 bits per heavy atom. The summed E-state index contributed by atoms with van der Waals surface area (Å²) in [6.45, 7) is 5.85. The van der Waals surface area contributed by atoms with Crippen LogP contribution in [0.5, 0.6) is 0 Å². The van der Waals surface area contributed by atoms with Crippen LogP contribution >= 0.6 is 27.3 Å². The van der Waals surface area contributed by atoms with E-state index in [1.54, 1.807) is 33.9 Å². The third kappa shape index (κ3) is 7.38. The van der Waals surface area contributed by atoms with Crippen LogP contribution in [0, 0.1) is 0 Å². The molecule has 1 aromatic heterocycles. The summed E-state index contributed by atoms with van der Waals surface area (Å²) in [4.78, 5) is 24.8. The highest BCUT2D eigenvalue weighted by Crippen LogP contribution is 2.22. The summed E-state index contributed by atoms with van der Waals surface area (Å²) in [7, 11) is 1.59. The predicted octanol–water partition coefficient (Wildman–Crippen LogP) is 4.01. The van der Waals surface area contributed by atoms with E-state index in [-0.39, 0.29) is 18.2 Å². The van der Waals surface area contributed by atoms with Crippen molar-refractivity contribution in [2.45, 2.75) is 45.3 Å². The molecule has 0 fully saturated rings. The summed E-state index contributed by atoms with van der Waals surface area (Å²) in [6.07, 6.45) is 0.248. The fourth-order valence-corrected chi connectivity index (χ4v) is 3.12. The second-order valence-corrected chi connectivity index (χ2v) is 7.71. The topological polar surface area (TPSA) is 64.6 Å². The lowest BCUT2D eigenvalue weighted by Gasteiger charge is -2.23. The van der Waals surface area contributed by atoms with Crippen molar-refractivity contribution < 1.29 is 19.1 Å². The largest absolute Gasteiger partial charge is 0.444 e. The van der Waals surface area contributed by atoms with Crippen LogP contribution in [0.2, 0.25) is 0 Å². The first-order chi connectivity index (χ1) is 10.2. The molecule has 0 aliphatic carbocycles. The van der Waals surface area contributed by atoms with Gasteiger partial charge in [-0.25, -0.2) is 4.79 Å². The molecule has 0 aromatic carbocycles. The van der Waals surface area contributed by atoms with E-state index >= 15 is 0 Å². The quantitative estimate of drug-likeness (QED) is 0.712. The van der Waals surface area contributed by atoms with Crippen LogP contribution < -0.4 is 5.32 Å². The molecular formula is C15H22BrNO4S. The third-order valence-corrected chi connectivity index (χ3v) is 4.40. The Kier molecular flexibility index (Phi) is 7.52. The van der Waals surface area contributed by atoms with Gasteiger partial charge in [0.05, 0.1) is 4.88 Å². The van der Waals surface area contributed by atoms with E-state index in [1.807, 2.05) is 5.38 Å². The van der Waals surface area contributed by atoms with Gasteiger partial charge in [0.1, 0.15) is 5.60 Å². The van der Waals surface area contributed by atoms with E-state index < -0.39 is 11.7 Å². The summed E-state index contributed by atoms with van der Waals surface area (Å²) in [6, 6.07) is 1.47. The molecule has 1 aromatic rings. The van der Waals surface area contributed by atoms with Gasteiger partial charge in [-0.3, -0.25) is 4.79 Å². The van der Waals surface area contributed by atoms with Gasteiger partial charge in [0.2, 0.25) is 0 Å². The minimum Gasteiger partial charge on any atom is -0.444 e. The average molecular weight is 392 g/mol. The fraction of sp³-hybridized carbons (Fsp3) is 0.600. The second kappa shape index (κ2) is 8.64. The Hall–Kier alpha value is -0.920. The van der Waals surface area contributed by atoms with Crippen LogP contribution in [0.15, 0.2) is 15.9 Å². The van der Waals surface area contributed by atoms with Gasteiger partial charge in [-0.1, -0.05) is 0 Å². The van der Waals surface area contributed by atoms with Gasteiger partial charge in [0.15, 0.2) is 5.78 Å². The number of thiophene rings is 1. The molecule has 5 nitrogen and oxygen atoms in total. The van der Waals surface area contributed by atoms with Crippen molar-refractivity contribution in [2.24, 2.45) is 0 Å². The SMILES string of the molecule is COCCC(CC(=O)c1cc(Br)cs1)NC(=O)OC(C)(C)C. The van der Waals surface area contributed by atoms with E-state index in [0.717, 1.165) is 4.47 Å². The molecule has 0 aliphatic rings. The van der Waals surface area contributed by atoms with Crippen molar-refractivity contribution in [1.29, 1.82) is 0 Å². The monoisotopic (exact) mass is 391 g/mol. The summed E-state index contributed by atoms with van der Waals surface area (Å²) in [5.41, 5.74) is -0.571. The van der Waals surface area contributed by atoms with Crippen molar-refractivity contribution in [1.82, 2.24) is 5.32 Å². The number of hydrogen-bond acceptors (Lipinski definition) is 5. The number of ether oxygens (including phenoxy) is 2. The molecule has 0 bridgehead atoms. The number of Topliss-reactive ketones (excluding diaryl/α,β-unsaturated/α-hetero) is 1. The maximum atomic E-state index is 12.3. The number of nitrogens with one attached hydrogen (secondary N) is 1. The number of alkyl carbamates (subject to hydrolysis) is 1. The van der Waals surface area contributed by atoms with E-state index in [1.165, 1.54) is 11.3 Å². The minimum absolute atomic E-state index is 0.00661. The molecule has 1 unspecified atom stereocenters. The van der Waals surface area contributed by atoms with Gasteiger partial charge in [0.25, 0.3) is 0 Å². The van der Waals surface area contributed by atoms with Crippen molar-refractivity contribution in [2.75, 3.05) is 13.7 Å². The number of methoxy groups -OCH3 is 1. The molecule has 0 saturated heterocycles. The van der Waals surface area contributed by atoms with Gasteiger partial charge in [-0.2, -0.15) is 0 Å². The zero-order valence-corrected chi connectivity index (χ0v) is 15.7. The molecular weight excluding hydrogens is 370 g/mol. The molecule has 7 heteroatoms. The van der Waals surface area contributed by atoms with Gasteiger partial charge >= 0.3 is 6.09 Å². The zero-order valence-electron chi connectivity index (χ0n) is 13.3. The molecule has 0 spiro atoms. The Balaban J connectivity index is 2.63. The van der Waals surface area contributed by atoms with Crippen LogP contribution in [0.3, 0.4) is 0 Å². The van der Waals surface area contributed by atoms with E-state index in [9.17, 15) is 9.59 Å². The normalized spacial score (nSPS) is 12.8. The second-order valence-electron chi connectivity index (χ2n) is 5.88. The van der Waals surface area contributed by atoms with Gasteiger partial charge in [-0.15, -0.1) is 11.3 Å². The number of rotatable bonds is 7. The van der Waals surface area contributed by atoms with Crippen molar-refractivity contribution in [3.63, 3.8) is 0 Å². The first kappa shape index (κ1) is 19.1. The number of ketones is 1. The summed E-state index contributed by atoms with van der Waals surface area (Å²) < 4.78 is 11.2. The average Bonchev–Trinajstić information content (AvgIpc) is 2.80. The van der Waals surface area contributed by atoms with Crippen molar-refractivity contribution >= 4 is 39.1 Å². The van der Waals surface area contributed by atoms with Crippen LogP contribution in [0.1, 0.15) is 43.3 Å². The number of carbonyl (C=O) groups is 2. The molecule has 0 aliphatic heterocycles. The lowest BCUT2D eigenvalue weighted by molar-refractivity contribution is 0.0490. The lowest BCUT2D eigenvalue weighted by Crippen LogP contribution is -2.40. The maximum absolute atomic E-state index is 12.3. The highest BCUT2D eigenvalue weighted by atomic mass is 79.9. The number of hydrogen-bond donors (Lipinski definition) is 1. The van der Waals surface area contributed by atoms with Crippen LogP contribution in [0.4, 0.5) is 4.79 Å². The van der Waals surface area contributed by atoms with Crippen molar-refractivity contribution in [3.8, 4) is 0 Å². The molecule has 0 saturated carbocycles. The van der Waals surface area contributed by atoms with Crippen LogP contribution in [-0.2, 0) is 9.47 Å². The maximum Gasteiger partial charge on any atom is 0.407 e. The van der Waals surface area contributed by atoms with E-state index in [2.05, 4.69) is 21.2 Å². The highest BCUT2D eigenvalue weighted by molar-refractivity contribution is 9.10. The van der Waals surface area contributed by atoms with E-state index in [0.29, 0.717) is 17.9 Å². The Labute approximate surface area is 143 Å². The van der Waals surface area contributed by atoms with E-state index in [4.69, 9.17) is 9.47 Å². The molecule has 1 amide bonds. The minimum atomic E-state index is -0.571. The molecule has 0 radical (unpaired) electrons. The number of carbonyl (C=O) groups excluding carboxylic acids is 2. The smallest absolute Gasteiger partial charge is 0.407 e. The standard InChI is InChI=1S/C15H22BrNO4S/c1-15(2,3)21-14(19)17-11(5-6-20-4)8-12(18)13-7-10(16)9-22-13/h7,9,11H,5-6,8H2,1-4H3,(H,17,19). The highest BCUT2D eigenvalue weighted by Gasteiger charge is 2.22. The van der Waals surface area contributed by atoms with Crippen LogP contribution in [-0.4, -0.2) is 37.2 Å². The first-order valence-corrected chi connectivity index (χ1v) is 8.64. The van der Waals surface area contributed by atoms with Gasteiger partial charge in [0, 0.05) is 36.0 Å². The molecule has 22 heavy (non-hydrogen) atoms. The van der Waals surface area contributed by atoms with Crippen molar-refractivity contribution in [3.05, 3.63) is 20.8 Å². The molecule has 1 heterocycles. The summed E-state index contributed by atoms with van der Waals surface area (Å²) >= 11 is 4.71. The van der Waals surface area contributed by atoms with Crippen LogP contribution in [0.25, 0.3) is 0 Å². The molecule has 124 valence electrons. The Morgan fingerprint density at radius 1 is 1.41 bits per heavy atom. The first-order valence-electron chi connectivity index (χ1n) is 6.97. The third-order valence-electron chi connectivity index (χ3n) is 2.67. The van der Waals surface area contributed by atoms with Gasteiger partial charge in [-0.05, 0) is 49.2 Å². The zero-order chi connectivity index (χ0) is 16.8. The Morgan fingerprint density at radius 2 is 2.09 bits per heavy atom. The number of amides is 1. The molecule has 1 N–H and O–H groups in total. The lowest BCUT2D eigenvalue weighted by atomic mass is 10.1. The summed E-state index contributed by atoms with van der Waals surface area (Å²) in [5.74, 6) is -0.00661. The molecule has 1 atom stereocenters. The summed E-state index contributed by atoms with van der Waals surface area (Å²) in [5, 5.41) is 4.61. The molecule has 1 rings (SSSR count). The Bertz CT molecular complexity index is 510. The predicted molar refractivity (Wildman–Crippen MR) is 90.6 cm³/mol.